The molecule has 2 heterocycles. The van der Waals surface area contributed by atoms with Gasteiger partial charge in [0.1, 0.15) is 5.82 Å². The Morgan fingerprint density at radius 1 is 1.26 bits per heavy atom. The molecule has 0 spiro atoms. The molecule has 0 radical (unpaired) electrons. The molecule has 1 aliphatic rings. The minimum Gasteiger partial charge on any atom is -0.378 e. The molecule has 0 atom stereocenters. The number of benzene rings is 1. The van der Waals surface area contributed by atoms with E-state index in [0.29, 0.717) is 44.2 Å². The monoisotopic (exact) mass is 424 g/mol. The molecular formula is C22H28N6O3. The van der Waals surface area contributed by atoms with E-state index < -0.39 is 5.60 Å². The number of hydrogen-bond acceptors (Lipinski definition) is 8. The van der Waals surface area contributed by atoms with Gasteiger partial charge >= 0.3 is 0 Å². The van der Waals surface area contributed by atoms with Crippen LogP contribution in [-0.2, 0) is 14.4 Å². The number of hydroxylamine groups is 2. The summed E-state index contributed by atoms with van der Waals surface area (Å²) in [5, 5.41) is 13.5. The molecule has 1 aliphatic heterocycles. The second kappa shape index (κ2) is 10.2. The Balaban J connectivity index is 1.79. The maximum atomic E-state index is 11.3. The first kappa shape index (κ1) is 22.5. The predicted molar refractivity (Wildman–Crippen MR) is 117 cm³/mol. The van der Waals surface area contributed by atoms with Crippen molar-refractivity contribution in [2.24, 2.45) is 0 Å². The molecule has 1 aromatic carbocycles. The highest BCUT2D eigenvalue weighted by Gasteiger charge is 2.17. The second-order valence-corrected chi connectivity index (χ2v) is 8.10. The number of carbonyl (C=O) groups excluding carboxylic acids is 1. The Bertz CT molecular complexity index is 914. The average molecular weight is 425 g/mol. The first-order valence-electron chi connectivity index (χ1n) is 10.3. The van der Waals surface area contributed by atoms with Crippen molar-refractivity contribution in [2.75, 3.05) is 49.6 Å². The van der Waals surface area contributed by atoms with Crippen LogP contribution in [0, 0.1) is 11.3 Å². The lowest BCUT2D eigenvalue weighted by Gasteiger charge is -2.28. The van der Waals surface area contributed by atoms with Gasteiger partial charge in [-0.25, -0.2) is 10.0 Å². The highest BCUT2D eigenvalue weighted by molar-refractivity contribution is 5.65. The Morgan fingerprint density at radius 2 is 1.97 bits per heavy atom. The van der Waals surface area contributed by atoms with Gasteiger partial charge in [0, 0.05) is 31.3 Å². The van der Waals surface area contributed by atoms with Crippen LogP contribution in [0.2, 0.25) is 0 Å². The number of nitrogens with one attached hydrogen (secondary N) is 1. The van der Waals surface area contributed by atoms with Gasteiger partial charge < -0.3 is 15.0 Å². The summed E-state index contributed by atoms with van der Waals surface area (Å²) in [6.45, 7) is 9.23. The minimum absolute atomic E-state index is 0.345. The topological polar surface area (TPSA) is 104 Å². The summed E-state index contributed by atoms with van der Waals surface area (Å²) in [5.74, 6) is 1.27. The largest absolute Gasteiger partial charge is 0.378 e. The van der Waals surface area contributed by atoms with Crippen molar-refractivity contribution in [3.8, 4) is 17.3 Å². The summed E-state index contributed by atoms with van der Waals surface area (Å²) in [6, 6.07) is 11.4. The van der Waals surface area contributed by atoms with E-state index in [1.165, 1.54) is 5.06 Å². The number of carbonyl (C=O) groups is 1. The smallest absolute Gasteiger partial charge is 0.233 e. The van der Waals surface area contributed by atoms with Crippen LogP contribution in [-0.4, -0.2) is 66.4 Å². The number of aromatic nitrogens is 2. The van der Waals surface area contributed by atoms with Crippen molar-refractivity contribution in [1.29, 1.82) is 5.26 Å². The zero-order chi connectivity index (χ0) is 22.3. The van der Waals surface area contributed by atoms with E-state index in [4.69, 9.17) is 14.8 Å². The van der Waals surface area contributed by atoms with Crippen LogP contribution in [0.4, 0.5) is 11.8 Å². The fraction of sp³-hybridized carbons (Fsp3) is 0.455. The first-order valence-corrected chi connectivity index (χ1v) is 10.3. The van der Waals surface area contributed by atoms with Crippen LogP contribution in [0.25, 0.3) is 11.3 Å². The lowest BCUT2D eigenvalue weighted by Crippen LogP contribution is -2.37. The maximum Gasteiger partial charge on any atom is 0.233 e. The van der Waals surface area contributed by atoms with Crippen LogP contribution >= 0.6 is 0 Å². The molecule has 164 valence electrons. The van der Waals surface area contributed by atoms with Gasteiger partial charge in [-0.2, -0.15) is 10.2 Å². The van der Waals surface area contributed by atoms with Gasteiger partial charge in [-0.05, 0) is 32.9 Å². The molecule has 1 N–H and O–H groups in total. The average Bonchev–Trinajstić information content (AvgIpc) is 2.78. The van der Waals surface area contributed by atoms with Gasteiger partial charge in [0.05, 0.1) is 42.7 Å². The van der Waals surface area contributed by atoms with E-state index >= 15 is 0 Å². The van der Waals surface area contributed by atoms with Crippen LogP contribution in [0.3, 0.4) is 0 Å². The molecule has 3 rings (SSSR count). The molecular weight excluding hydrogens is 396 g/mol. The number of nitriles is 1. The van der Waals surface area contributed by atoms with Crippen molar-refractivity contribution in [3.05, 3.63) is 35.9 Å². The van der Waals surface area contributed by atoms with Crippen LogP contribution in [0.1, 0.15) is 26.3 Å². The predicted octanol–water partition coefficient (Wildman–Crippen LogP) is 2.45. The highest BCUT2D eigenvalue weighted by atomic mass is 16.7. The second-order valence-electron chi connectivity index (χ2n) is 8.10. The normalized spacial score (nSPS) is 14.1. The standard InChI is InChI=1S/C22H28N6O3/c1-22(2,3)31-28(16-29)9-8-24-21-25-19(18-6-4-17(15-23)5-7-18)14-20(26-21)27-10-12-30-13-11-27/h4-7,14,16H,8-13H2,1-3H3,(H,24,25,26). The van der Waals surface area contributed by atoms with Crippen LogP contribution in [0.15, 0.2) is 30.3 Å². The third-order valence-electron chi connectivity index (χ3n) is 4.48. The summed E-state index contributed by atoms with van der Waals surface area (Å²) in [6.07, 6.45) is 0.667. The lowest BCUT2D eigenvalue weighted by molar-refractivity contribution is -0.214. The van der Waals surface area contributed by atoms with Crippen molar-refractivity contribution in [2.45, 2.75) is 26.4 Å². The molecule has 9 nitrogen and oxygen atoms in total. The highest BCUT2D eigenvalue weighted by Crippen LogP contribution is 2.24. The fourth-order valence-corrected chi connectivity index (χ4v) is 3.08. The van der Waals surface area contributed by atoms with E-state index in [0.717, 1.165) is 30.2 Å². The fourth-order valence-electron chi connectivity index (χ4n) is 3.08. The Kier molecular flexibility index (Phi) is 7.39. The Morgan fingerprint density at radius 3 is 2.58 bits per heavy atom. The summed E-state index contributed by atoms with van der Waals surface area (Å²) < 4.78 is 5.45. The van der Waals surface area contributed by atoms with Crippen molar-refractivity contribution < 1.29 is 14.4 Å². The third-order valence-corrected chi connectivity index (χ3v) is 4.48. The maximum absolute atomic E-state index is 11.3. The summed E-state index contributed by atoms with van der Waals surface area (Å²) in [7, 11) is 0. The molecule has 0 aliphatic carbocycles. The van der Waals surface area contributed by atoms with E-state index in [1.54, 1.807) is 12.1 Å². The van der Waals surface area contributed by atoms with Crippen molar-refractivity contribution in [3.63, 3.8) is 0 Å². The summed E-state index contributed by atoms with van der Waals surface area (Å²) in [5.41, 5.74) is 1.78. The quantitative estimate of drug-likeness (QED) is 0.509. The number of anilines is 2. The number of morpholine rings is 1. The van der Waals surface area contributed by atoms with Gasteiger partial charge in [-0.3, -0.25) is 9.63 Å². The molecule has 1 amide bonds. The van der Waals surface area contributed by atoms with Crippen molar-refractivity contribution >= 4 is 18.2 Å². The van der Waals surface area contributed by atoms with Gasteiger partial charge in [0.25, 0.3) is 0 Å². The van der Waals surface area contributed by atoms with Crippen LogP contribution in [0.5, 0.6) is 0 Å². The molecule has 0 saturated carbocycles. The summed E-state index contributed by atoms with van der Waals surface area (Å²) in [4.78, 5) is 28.3. The zero-order valence-corrected chi connectivity index (χ0v) is 18.2. The number of amides is 1. The number of ether oxygens (including phenoxy) is 1. The van der Waals surface area contributed by atoms with Gasteiger partial charge in [-0.15, -0.1) is 0 Å². The molecule has 31 heavy (non-hydrogen) atoms. The third kappa shape index (κ3) is 6.64. The van der Waals surface area contributed by atoms with E-state index in [9.17, 15) is 4.79 Å². The SMILES string of the molecule is CC(C)(C)ON(C=O)CCNc1nc(-c2ccc(C#N)cc2)cc(N2CCOCC2)n1. The van der Waals surface area contributed by atoms with Crippen molar-refractivity contribution in [1.82, 2.24) is 15.0 Å². The molecule has 0 unspecified atom stereocenters. The van der Waals surface area contributed by atoms with E-state index in [1.807, 2.05) is 39.0 Å². The molecule has 0 bridgehead atoms. The number of rotatable bonds is 8. The first-order chi connectivity index (χ1) is 14.9. The van der Waals surface area contributed by atoms with Gasteiger partial charge in [0.15, 0.2) is 0 Å². The molecule has 1 saturated heterocycles. The molecule has 1 fully saturated rings. The van der Waals surface area contributed by atoms with Gasteiger partial charge in [-0.1, -0.05) is 12.1 Å². The zero-order valence-electron chi connectivity index (χ0n) is 18.2. The molecule has 2 aromatic rings. The summed E-state index contributed by atoms with van der Waals surface area (Å²) >= 11 is 0. The van der Waals surface area contributed by atoms with Gasteiger partial charge in [0.2, 0.25) is 12.4 Å². The molecule has 1 aromatic heterocycles. The van der Waals surface area contributed by atoms with Crippen LogP contribution < -0.4 is 10.2 Å². The number of nitrogens with zero attached hydrogens (tertiary/aromatic N) is 5. The Labute approximate surface area is 182 Å². The van der Waals surface area contributed by atoms with E-state index in [2.05, 4.69) is 26.3 Å². The van der Waals surface area contributed by atoms with E-state index in [-0.39, 0.29) is 0 Å². The molecule has 9 heteroatoms. The number of hydrogen-bond donors (Lipinski definition) is 1. The lowest BCUT2D eigenvalue weighted by atomic mass is 10.1. The Hall–Kier alpha value is -3.22. The minimum atomic E-state index is -0.462.